The molecule has 2 heteroatoms. The zero-order chi connectivity index (χ0) is 5.11. The molecule has 0 spiro atoms. The fraction of sp³-hybridized carbons (Fsp3) is 0.400. The number of nitroso groups, excluding NO2 is 1. The van der Waals surface area contributed by atoms with Crippen LogP contribution in [0.5, 0.6) is 0 Å². The predicted octanol–water partition coefficient (Wildman–Crippen LogP) is 1.24. The molecule has 0 radical (unpaired) electrons. The highest BCUT2D eigenvalue weighted by molar-refractivity contribution is 5.30. The van der Waals surface area contributed by atoms with Crippen LogP contribution in [0.1, 0.15) is 6.42 Å². The van der Waals surface area contributed by atoms with Crippen LogP contribution in [0, 0.1) is 4.91 Å². The second kappa shape index (κ2) is 1.71. The Morgan fingerprint density at radius 1 is 1.86 bits per heavy atom. The zero-order valence-corrected chi connectivity index (χ0v) is 3.85. The maximum atomic E-state index is 9.43. The summed E-state index contributed by atoms with van der Waals surface area (Å²) in [6.07, 6.45) is 2.65. The first-order valence-electron chi connectivity index (χ1n) is 2.18. The van der Waals surface area contributed by atoms with E-state index >= 15 is 0 Å². The average molecular weight is 95.1 g/mol. The fourth-order valence-electron chi connectivity index (χ4n) is 0.361. The smallest absolute Gasteiger partial charge is 0.0857 e. The van der Waals surface area contributed by atoms with Gasteiger partial charge in [0.05, 0.1) is 6.54 Å². The van der Waals surface area contributed by atoms with Gasteiger partial charge >= 0.3 is 0 Å². The highest BCUT2D eigenvalue weighted by Crippen LogP contribution is 2.09. The first-order valence-corrected chi connectivity index (χ1v) is 2.18. The minimum Gasteiger partial charge on any atom is -0.151 e. The lowest BCUT2D eigenvalue weighted by Gasteiger charge is -1.76. The molecule has 0 amide bonds. The van der Waals surface area contributed by atoms with Gasteiger partial charge < -0.3 is 0 Å². The van der Waals surface area contributed by atoms with Crippen molar-refractivity contribution in [1.82, 2.24) is 0 Å². The summed E-state index contributed by atoms with van der Waals surface area (Å²) in [6, 6.07) is 0. The summed E-state index contributed by atoms with van der Waals surface area (Å²) in [5.41, 5.74) is 4.00. The number of hydrogen-bond donors (Lipinski definition) is 0. The average Bonchev–Trinajstić information content (AvgIpc) is 2.42. The van der Waals surface area contributed by atoms with Crippen LogP contribution in [-0.2, 0) is 0 Å². The lowest BCUT2D eigenvalue weighted by atomic mass is 10.3. The summed E-state index contributed by atoms with van der Waals surface area (Å²) < 4.78 is 0. The lowest BCUT2D eigenvalue weighted by Crippen LogP contribution is -1.73. The Hall–Kier alpha value is -0.880. The van der Waals surface area contributed by atoms with E-state index in [1.54, 1.807) is 0 Å². The van der Waals surface area contributed by atoms with Gasteiger partial charge in [0, 0.05) is 12.0 Å². The second-order valence-electron chi connectivity index (χ2n) is 1.42. The van der Waals surface area contributed by atoms with Crippen molar-refractivity contribution in [3.05, 3.63) is 22.3 Å². The van der Waals surface area contributed by atoms with Crippen LogP contribution < -0.4 is 0 Å². The summed E-state index contributed by atoms with van der Waals surface area (Å²) in [5.74, 6) is 0. The summed E-state index contributed by atoms with van der Waals surface area (Å²) >= 11 is 0. The molecule has 1 aliphatic carbocycles. The van der Waals surface area contributed by atoms with Crippen LogP contribution in [-0.4, -0.2) is 6.54 Å². The Balaban J connectivity index is 2.01. The van der Waals surface area contributed by atoms with E-state index in [9.17, 15) is 4.91 Å². The third-order valence-corrected chi connectivity index (χ3v) is 0.821. The first kappa shape index (κ1) is 4.28. The molecule has 36 valence electrons. The van der Waals surface area contributed by atoms with E-state index < -0.39 is 0 Å². The molecule has 2 nitrogen and oxygen atoms in total. The van der Waals surface area contributed by atoms with Crippen LogP contribution in [0.25, 0.3) is 0 Å². The van der Waals surface area contributed by atoms with Crippen molar-refractivity contribution in [2.45, 2.75) is 6.42 Å². The number of hydrogen-bond acceptors (Lipinski definition) is 2. The Labute approximate surface area is 41.5 Å². The maximum absolute atomic E-state index is 9.43. The topological polar surface area (TPSA) is 29.4 Å². The lowest BCUT2D eigenvalue weighted by molar-refractivity contribution is 0.981. The summed E-state index contributed by atoms with van der Waals surface area (Å²) in [6.45, 7) is 0.402. The molecule has 0 fully saturated rings. The van der Waals surface area contributed by atoms with Gasteiger partial charge in [-0.3, -0.25) is 0 Å². The van der Waals surface area contributed by atoms with Gasteiger partial charge in [0.2, 0.25) is 0 Å². The Kier molecular flexibility index (Phi) is 1.05. The molecular weight excluding hydrogens is 90.1 g/mol. The van der Waals surface area contributed by atoms with E-state index in [0.717, 1.165) is 12.0 Å². The maximum Gasteiger partial charge on any atom is 0.0857 e. The summed E-state index contributed by atoms with van der Waals surface area (Å²) in [5, 5.41) is 2.68. The number of nitrogens with zero attached hydrogens (tertiary/aromatic N) is 1. The van der Waals surface area contributed by atoms with Crippen molar-refractivity contribution < 1.29 is 0 Å². The van der Waals surface area contributed by atoms with Crippen LogP contribution in [0.2, 0.25) is 0 Å². The molecule has 0 aromatic heterocycles. The standard InChI is InChI=1S/C5H5NO/c7-6-4-3-5-1-2-5/h1H,3-4H2. The fourth-order valence-corrected chi connectivity index (χ4v) is 0.361. The van der Waals surface area contributed by atoms with Crippen LogP contribution in [0.3, 0.4) is 0 Å². The van der Waals surface area contributed by atoms with Crippen molar-refractivity contribution in [3.8, 4) is 0 Å². The van der Waals surface area contributed by atoms with E-state index in [-0.39, 0.29) is 0 Å². The van der Waals surface area contributed by atoms with Crippen molar-refractivity contribution in [3.63, 3.8) is 0 Å². The monoisotopic (exact) mass is 95.0 g/mol. The minimum absolute atomic E-state index is 0.402. The van der Waals surface area contributed by atoms with Gasteiger partial charge in [0.25, 0.3) is 0 Å². The summed E-state index contributed by atoms with van der Waals surface area (Å²) in [4.78, 5) is 9.43. The number of rotatable bonds is 3. The molecule has 0 N–H and O–H groups in total. The zero-order valence-electron chi connectivity index (χ0n) is 3.85. The molecule has 0 saturated carbocycles. The largest absolute Gasteiger partial charge is 0.151 e. The molecule has 0 atom stereocenters. The van der Waals surface area contributed by atoms with Crippen molar-refractivity contribution >= 4 is 0 Å². The van der Waals surface area contributed by atoms with E-state index in [1.807, 2.05) is 6.08 Å². The third kappa shape index (κ3) is 1.33. The molecule has 1 aliphatic rings. The second-order valence-corrected chi connectivity index (χ2v) is 1.42. The van der Waals surface area contributed by atoms with Gasteiger partial charge in [-0.15, -0.1) is 5.73 Å². The molecular formula is C5H5NO. The van der Waals surface area contributed by atoms with Crippen LogP contribution in [0.4, 0.5) is 0 Å². The minimum atomic E-state index is 0.402. The van der Waals surface area contributed by atoms with Gasteiger partial charge in [-0.25, -0.2) is 0 Å². The normalized spacial score (nSPS) is 13.4. The molecule has 0 aromatic rings. The molecule has 0 bridgehead atoms. The molecule has 0 aliphatic heterocycles. The van der Waals surface area contributed by atoms with E-state index in [4.69, 9.17) is 0 Å². The SMILES string of the molecule is O=NCCC1=C=C1. The van der Waals surface area contributed by atoms with E-state index in [1.165, 1.54) is 0 Å². The van der Waals surface area contributed by atoms with Crippen molar-refractivity contribution in [2.24, 2.45) is 5.18 Å². The van der Waals surface area contributed by atoms with Crippen LogP contribution >= 0.6 is 0 Å². The highest BCUT2D eigenvalue weighted by atomic mass is 16.3. The van der Waals surface area contributed by atoms with Gasteiger partial charge in [0.15, 0.2) is 0 Å². The van der Waals surface area contributed by atoms with Crippen LogP contribution in [0.15, 0.2) is 22.6 Å². The highest BCUT2D eigenvalue weighted by Gasteiger charge is 1.97. The van der Waals surface area contributed by atoms with Gasteiger partial charge in [-0.1, -0.05) is 5.18 Å². The molecule has 0 aromatic carbocycles. The Morgan fingerprint density at radius 3 is 3.00 bits per heavy atom. The Bertz CT molecular complexity index is 142. The molecule has 7 heavy (non-hydrogen) atoms. The molecule has 1 rings (SSSR count). The molecule has 0 unspecified atom stereocenters. The van der Waals surface area contributed by atoms with Crippen molar-refractivity contribution in [1.29, 1.82) is 0 Å². The van der Waals surface area contributed by atoms with E-state index in [2.05, 4.69) is 10.9 Å². The predicted molar refractivity (Wildman–Crippen MR) is 26.9 cm³/mol. The molecule has 0 heterocycles. The van der Waals surface area contributed by atoms with Gasteiger partial charge in [-0.2, -0.15) is 4.91 Å². The third-order valence-electron chi connectivity index (χ3n) is 0.821. The summed E-state index contributed by atoms with van der Waals surface area (Å²) in [7, 11) is 0. The Morgan fingerprint density at radius 2 is 2.57 bits per heavy atom. The first-order chi connectivity index (χ1) is 3.43. The van der Waals surface area contributed by atoms with Gasteiger partial charge in [-0.05, 0) is 6.08 Å². The quantitative estimate of drug-likeness (QED) is 0.383. The van der Waals surface area contributed by atoms with Gasteiger partial charge in [0.1, 0.15) is 0 Å². The molecule has 0 saturated heterocycles. The van der Waals surface area contributed by atoms with E-state index in [0.29, 0.717) is 6.54 Å². The van der Waals surface area contributed by atoms with Crippen molar-refractivity contribution in [2.75, 3.05) is 6.54 Å².